The Hall–Kier alpha value is -2.05. The summed E-state index contributed by atoms with van der Waals surface area (Å²) in [7, 11) is 1.63. The Kier molecular flexibility index (Phi) is 3.15. The minimum absolute atomic E-state index is 0.0668. The second-order valence-corrected chi connectivity index (χ2v) is 5.36. The highest BCUT2D eigenvalue weighted by atomic mass is 19.4. The van der Waals surface area contributed by atoms with Crippen molar-refractivity contribution in [3.63, 3.8) is 0 Å². The molecule has 7 heteroatoms. The fourth-order valence-corrected chi connectivity index (χ4v) is 2.59. The number of H-pyrrole nitrogens is 1. The summed E-state index contributed by atoms with van der Waals surface area (Å²) in [5.41, 5.74) is 1.61. The number of nitrogens with one attached hydrogen (secondary N) is 1. The zero-order valence-corrected chi connectivity index (χ0v) is 11.4. The molecule has 0 aromatic carbocycles. The summed E-state index contributed by atoms with van der Waals surface area (Å²) >= 11 is 0. The number of alkyl halides is 3. The lowest BCUT2D eigenvalue weighted by atomic mass is 9.89. The van der Waals surface area contributed by atoms with Crippen LogP contribution in [0.1, 0.15) is 17.8 Å². The summed E-state index contributed by atoms with van der Waals surface area (Å²) in [4.78, 5) is 18.9. The molecule has 4 nitrogen and oxygen atoms in total. The van der Waals surface area contributed by atoms with Crippen molar-refractivity contribution >= 4 is 0 Å². The summed E-state index contributed by atoms with van der Waals surface area (Å²) in [5, 5.41) is 0. The largest absolute Gasteiger partial charge is 0.392 e. The molecule has 3 rings (SSSR count). The molecule has 0 aliphatic heterocycles. The number of nitrogens with zero attached hydrogens (tertiary/aromatic N) is 2. The van der Waals surface area contributed by atoms with Gasteiger partial charge < -0.3 is 9.55 Å². The first-order chi connectivity index (χ1) is 9.84. The van der Waals surface area contributed by atoms with E-state index in [4.69, 9.17) is 0 Å². The average Bonchev–Trinajstić information content (AvgIpc) is 2.83. The van der Waals surface area contributed by atoms with Crippen molar-refractivity contribution < 1.29 is 13.2 Å². The van der Waals surface area contributed by atoms with Crippen LogP contribution in [0.2, 0.25) is 0 Å². The van der Waals surface area contributed by atoms with Crippen molar-refractivity contribution in [2.75, 3.05) is 0 Å². The Morgan fingerprint density at radius 2 is 2.19 bits per heavy atom. The summed E-state index contributed by atoms with van der Waals surface area (Å²) < 4.78 is 39.8. The minimum Gasteiger partial charge on any atom is -0.342 e. The molecule has 0 fully saturated rings. The van der Waals surface area contributed by atoms with Gasteiger partial charge in [0.2, 0.25) is 0 Å². The number of imidazole rings is 1. The van der Waals surface area contributed by atoms with Gasteiger partial charge in [0.15, 0.2) is 0 Å². The molecule has 2 heterocycles. The second kappa shape index (κ2) is 4.75. The Bertz CT molecular complexity index is 730. The van der Waals surface area contributed by atoms with E-state index in [-0.39, 0.29) is 18.4 Å². The van der Waals surface area contributed by atoms with E-state index in [1.807, 2.05) is 0 Å². The Morgan fingerprint density at radius 1 is 1.43 bits per heavy atom. The predicted octanol–water partition coefficient (Wildman–Crippen LogP) is 2.44. The topological polar surface area (TPSA) is 50.7 Å². The third-order valence-electron chi connectivity index (χ3n) is 3.89. The normalized spacial score (nSPS) is 18.6. The lowest BCUT2D eigenvalue weighted by Crippen LogP contribution is -2.28. The molecule has 21 heavy (non-hydrogen) atoms. The minimum atomic E-state index is -4.17. The van der Waals surface area contributed by atoms with Crippen molar-refractivity contribution in [1.29, 1.82) is 0 Å². The van der Waals surface area contributed by atoms with Crippen LogP contribution in [-0.2, 0) is 19.9 Å². The number of aromatic amines is 1. The molecule has 0 bridgehead atoms. The first kappa shape index (κ1) is 13.9. The molecule has 1 atom stereocenters. The van der Waals surface area contributed by atoms with Crippen LogP contribution in [0, 0.1) is 5.92 Å². The molecular weight excluding hydrogens is 283 g/mol. The molecule has 1 aliphatic carbocycles. The van der Waals surface area contributed by atoms with Gasteiger partial charge in [-0.2, -0.15) is 13.2 Å². The van der Waals surface area contributed by atoms with E-state index in [2.05, 4.69) is 9.97 Å². The van der Waals surface area contributed by atoms with Crippen LogP contribution in [0.3, 0.4) is 0 Å². The van der Waals surface area contributed by atoms with Crippen molar-refractivity contribution in [1.82, 2.24) is 14.5 Å². The summed E-state index contributed by atoms with van der Waals surface area (Å²) in [6.45, 7) is 0. The van der Waals surface area contributed by atoms with Gasteiger partial charge in [0, 0.05) is 37.0 Å². The number of aryl methyl sites for hydroxylation is 2. The highest BCUT2D eigenvalue weighted by Crippen LogP contribution is 2.36. The third kappa shape index (κ3) is 2.59. The van der Waals surface area contributed by atoms with Gasteiger partial charge in [0.05, 0.1) is 11.6 Å². The molecule has 0 saturated carbocycles. The number of fused-ring (bicyclic) bond motifs is 1. The van der Waals surface area contributed by atoms with Gasteiger partial charge in [0.1, 0.15) is 5.82 Å². The summed E-state index contributed by atoms with van der Waals surface area (Å²) in [6, 6.07) is 3.14. The van der Waals surface area contributed by atoms with Crippen molar-refractivity contribution in [3.8, 4) is 11.4 Å². The van der Waals surface area contributed by atoms with E-state index < -0.39 is 12.1 Å². The lowest BCUT2D eigenvalue weighted by Gasteiger charge is -2.23. The van der Waals surface area contributed by atoms with E-state index >= 15 is 0 Å². The van der Waals surface area contributed by atoms with Gasteiger partial charge in [-0.1, -0.05) is 0 Å². The maximum atomic E-state index is 12.8. The molecular formula is C14H14F3N3O. The summed E-state index contributed by atoms with van der Waals surface area (Å²) in [5.74, 6) is -0.859. The lowest BCUT2D eigenvalue weighted by molar-refractivity contribution is -0.177. The highest BCUT2D eigenvalue weighted by molar-refractivity contribution is 5.55. The molecule has 1 unspecified atom stereocenters. The summed E-state index contributed by atoms with van der Waals surface area (Å²) in [6.07, 6.45) is -2.27. The maximum Gasteiger partial charge on any atom is 0.392 e. The van der Waals surface area contributed by atoms with E-state index in [0.717, 1.165) is 0 Å². The van der Waals surface area contributed by atoms with E-state index in [9.17, 15) is 18.0 Å². The number of pyridine rings is 1. The van der Waals surface area contributed by atoms with Gasteiger partial charge in [0.25, 0.3) is 5.56 Å². The number of rotatable bonds is 1. The highest BCUT2D eigenvalue weighted by Gasteiger charge is 2.42. The quantitative estimate of drug-likeness (QED) is 0.879. The predicted molar refractivity (Wildman–Crippen MR) is 70.8 cm³/mol. The second-order valence-electron chi connectivity index (χ2n) is 5.36. The van der Waals surface area contributed by atoms with E-state index in [0.29, 0.717) is 29.2 Å². The molecule has 0 spiro atoms. The number of halogens is 3. The molecule has 2 aromatic heterocycles. The van der Waals surface area contributed by atoms with Crippen LogP contribution >= 0.6 is 0 Å². The van der Waals surface area contributed by atoms with Crippen molar-refractivity contribution in [2.45, 2.75) is 25.4 Å². The Balaban J connectivity index is 1.93. The standard InChI is InChI=1S/C14H14F3N3O/c1-20-5-4-8(6-12(20)21)13-18-10-3-2-9(14(15,16)17)7-11(10)19-13/h4-6,9H,2-3,7H2,1H3,(H,18,19). The van der Waals surface area contributed by atoms with Crippen LogP contribution in [0.4, 0.5) is 13.2 Å². The first-order valence-electron chi connectivity index (χ1n) is 6.66. The smallest absolute Gasteiger partial charge is 0.342 e. The average molecular weight is 297 g/mol. The molecule has 0 radical (unpaired) electrons. The third-order valence-corrected chi connectivity index (χ3v) is 3.89. The van der Waals surface area contributed by atoms with Crippen LogP contribution in [0.5, 0.6) is 0 Å². The van der Waals surface area contributed by atoms with Crippen LogP contribution in [0.15, 0.2) is 23.1 Å². The van der Waals surface area contributed by atoms with Crippen LogP contribution in [0.25, 0.3) is 11.4 Å². The van der Waals surface area contributed by atoms with Crippen molar-refractivity contribution in [3.05, 3.63) is 40.1 Å². The maximum absolute atomic E-state index is 12.8. The fourth-order valence-electron chi connectivity index (χ4n) is 2.59. The first-order valence-corrected chi connectivity index (χ1v) is 6.66. The van der Waals surface area contributed by atoms with Crippen molar-refractivity contribution in [2.24, 2.45) is 13.0 Å². The molecule has 0 saturated heterocycles. The molecule has 0 amide bonds. The van der Waals surface area contributed by atoms with Gasteiger partial charge in [-0.25, -0.2) is 4.98 Å². The molecule has 2 aromatic rings. The molecule has 1 aliphatic rings. The number of hydrogen-bond acceptors (Lipinski definition) is 2. The van der Waals surface area contributed by atoms with Crippen LogP contribution < -0.4 is 5.56 Å². The van der Waals surface area contributed by atoms with Crippen LogP contribution in [-0.4, -0.2) is 20.7 Å². The monoisotopic (exact) mass is 297 g/mol. The van der Waals surface area contributed by atoms with Gasteiger partial charge in [-0.3, -0.25) is 4.79 Å². The van der Waals surface area contributed by atoms with Gasteiger partial charge >= 0.3 is 6.18 Å². The number of aromatic nitrogens is 3. The zero-order chi connectivity index (χ0) is 15.2. The van der Waals surface area contributed by atoms with E-state index in [1.54, 1.807) is 19.3 Å². The Labute approximate surface area is 118 Å². The number of hydrogen-bond donors (Lipinski definition) is 1. The van der Waals surface area contributed by atoms with E-state index in [1.165, 1.54) is 10.6 Å². The molecule has 1 N–H and O–H groups in total. The molecule has 112 valence electrons. The van der Waals surface area contributed by atoms with Gasteiger partial charge in [-0.05, 0) is 18.9 Å². The fraction of sp³-hybridized carbons (Fsp3) is 0.429. The zero-order valence-electron chi connectivity index (χ0n) is 11.4. The van der Waals surface area contributed by atoms with Gasteiger partial charge in [-0.15, -0.1) is 0 Å². The SMILES string of the molecule is Cn1ccc(-c2nc3c([nH]2)CC(C(F)(F)F)CC3)cc1=O. The Morgan fingerprint density at radius 3 is 2.86 bits per heavy atom.